The molecule has 25 heavy (non-hydrogen) atoms. The highest BCUT2D eigenvalue weighted by atomic mass is 32.1. The van der Waals surface area contributed by atoms with Gasteiger partial charge in [0.2, 0.25) is 5.91 Å². The molecule has 1 saturated carbocycles. The fourth-order valence-electron chi connectivity index (χ4n) is 2.88. The molecule has 1 N–H and O–H groups in total. The number of aromatic nitrogens is 1. The number of rotatable bonds is 4. The van der Waals surface area contributed by atoms with Crippen molar-refractivity contribution in [2.75, 3.05) is 5.32 Å². The Balaban J connectivity index is 1.64. The molecule has 1 aromatic heterocycles. The van der Waals surface area contributed by atoms with Crippen LogP contribution >= 0.6 is 11.3 Å². The Hall–Kier alpha value is -2.53. The monoisotopic (exact) mass is 352 g/mol. The van der Waals surface area contributed by atoms with Crippen molar-refractivity contribution in [3.8, 4) is 21.8 Å². The average Bonchev–Trinajstić information content (AvgIpc) is 3.03. The maximum absolute atomic E-state index is 14.0. The Kier molecular flexibility index (Phi) is 4.32. The minimum atomic E-state index is -0.282. The summed E-state index contributed by atoms with van der Waals surface area (Å²) in [5.41, 5.74) is 2.85. The predicted octanol–water partition coefficient (Wildman–Crippen LogP) is 5.35. The minimum absolute atomic E-state index is 0.0725. The van der Waals surface area contributed by atoms with Crippen LogP contribution in [-0.4, -0.2) is 10.9 Å². The van der Waals surface area contributed by atoms with E-state index in [9.17, 15) is 9.18 Å². The summed E-state index contributed by atoms with van der Waals surface area (Å²) in [5.74, 6) is -0.0873. The molecule has 0 aliphatic heterocycles. The van der Waals surface area contributed by atoms with Crippen molar-refractivity contribution in [3.05, 3.63) is 59.7 Å². The summed E-state index contributed by atoms with van der Waals surface area (Å²) < 4.78 is 14.0. The smallest absolute Gasteiger partial charge is 0.227 e. The van der Waals surface area contributed by atoms with E-state index in [2.05, 4.69) is 10.3 Å². The molecule has 1 fully saturated rings. The Morgan fingerprint density at radius 2 is 1.80 bits per heavy atom. The first-order chi connectivity index (χ1) is 12.2. The molecule has 0 saturated heterocycles. The summed E-state index contributed by atoms with van der Waals surface area (Å²) in [5, 5.41) is 5.55. The van der Waals surface area contributed by atoms with Crippen molar-refractivity contribution < 1.29 is 9.18 Å². The number of halogens is 1. The number of para-hydroxylation sites is 1. The highest BCUT2D eigenvalue weighted by molar-refractivity contribution is 7.13. The van der Waals surface area contributed by atoms with Crippen LogP contribution in [0.1, 0.15) is 19.3 Å². The van der Waals surface area contributed by atoms with E-state index in [1.165, 1.54) is 17.4 Å². The topological polar surface area (TPSA) is 42.0 Å². The zero-order chi connectivity index (χ0) is 17.2. The molecule has 1 aliphatic rings. The van der Waals surface area contributed by atoms with Gasteiger partial charge in [-0.3, -0.25) is 4.79 Å². The third-order valence-electron chi connectivity index (χ3n) is 4.55. The molecule has 1 aliphatic carbocycles. The van der Waals surface area contributed by atoms with Gasteiger partial charge >= 0.3 is 0 Å². The van der Waals surface area contributed by atoms with Crippen LogP contribution in [-0.2, 0) is 4.79 Å². The third-order valence-corrected chi connectivity index (χ3v) is 5.42. The van der Waals surface area contributed by atoms with Crippen LogP contribution in [0, 0.1) is 11.7 Å². The number of carbonyl (C=O) groups excluding carboxylic acids is 1. The van der Waals surface area contributed by atoms with Crippen LogP contribution in [0.2, 0.25) is 0 Å². The summed E-state index contributed by atoms with van der Waals surface area (Å²) in [7, 11) is 0. The standard InChI is InChI=1S/C20H17FN2OS/c21-16-10-3-1-8-14(16)20-23-18(12-25-20)15-9-2-4-11-17(15)22-19(24)13-6-5-7-13/h1-4,8-13H,5-7H2,(H,22,24). The molecule has 1 heterocycles. The molecule has 3 nitrogen and oxygen atoms in total. The lowest BCUT2D eigenvalue weighted by Crippen LogP contribution is -2.28. The Bertz CT molecular complexity index is 917. The van der Waals surface area contributed by atoms with Crippen LogP contribution in [0.5, 0.6) is 0 Å². The molecular formula is C20H17FN2OS. The highest BCUT2D eigenvalue weighted by Crippen LogP contribution is 2.34. The fraction of sp³-hybridized carbons (Fsp3) is 0.200. The van der Waals surface area contributed by atoms with E-state index in [0.29, 0.717) is 10.6 Å². The third kappa shape index (κ3) is 3.20. The van der Waals surface area contributed by atoms with Gasteiger partial charge in [-0.15, -0.1) is 11.3 Å². The van der Waals surface area contributed by atoms with Crippen molar-refractivity contribution in [1.29, 1.82) is 0 Å². The van der Waals surface area contributed by atoms with Crippen molar-refractivity contribution >= 4 is 22.9 Å². The van der Waals surface area contributed by atoms with Crippen LogP contribution < -0.4 is 5.32 Å². The van der Waals surface area contributed by atoms with E-state index in [1.807, 2.05) is 29.6 Å². The average molecular weight is 352 g/mol. The molecule has 126 valence electrons. The number of amides is 1. The molecule has 0 atom stereocenters. The molecule has 2 aromatic carbocycles. The van der Waals surface area contributed by atoms with Gasteiger partial charge in [-0.25, -0.2) is 9.37 Å². The SMILES string of the molecule is O=C(Nc1ccccc1-c1csc(-c2ccccc2F)n1)C1CCC1. The maximum atomic E-state index is 14.0. The molecule has 5 heteroatoms. The predicted molar refractivity (Wildman–Crippen MR) is 98.9 cm³/mol. The summed E-state index contributed by atoms with van der Waals surface area (Å²) >= 11 is 1.40. The number of nitrogens with zero attached hydrogens (tertiary/aromatic N) is 1. The van der Waals surface area contributed by atoms with E-state index >= 15 is 0 Å². The molecular weight excluding hydrogens is 335 g/mol. The fourth-order valence-corrected chi connectivity index (χ4v) is 3.72. The van der Waals surface area contributed by atoms with Crippen LogP contribution in [0.25, 0.3) is 21.8 Å². The van der Waals surface area contributed by atoms with Crippen molar-refractivity contribution in [2.24, 2.45) is 5.92 Å². The number of nitrogens with one attached hydrogen (secondary N) is 1. The lowest BCUT2D eigenvalue weighted by atomic mass is 9.85. The van der Waals surface area contributed by atoms with Crippen molar-refractivity contribution in [1.82, 2.24) is 4.98 Å². The molecule has 0 unspecified atom stereocenters. The Morgan fingerprint density at radius 1 is 1.08 bits per heavy atom. The maximum Gasteiger partial charge on any atom is 0.227 e. The van der Waals surface area contributed by atoms with Gasteiger partial charge in [-0.2, -0.15) is 0 Å². The van der Waals surface area contributed by atoms with Crippen molar-refractivity contribution in [2.45, 2.75) is 19.3 Å². The summed E-state index contributed by atoms with van der Waals surface area (Å²) in [6.45, 7) is 0. The lowest BCUT2D eigenvalue weighted by Gasteiger charge is -2.24. The van der Waals surface area contributed by atoms with Gasteiger partial charge in [0.1, 0.15) is 10.8 Å². The zero-order valence-electron chi connectivity index (χ0n) is 13.5. The van der Waals surface area contributed by atoms with E-state index in [-0.39, 0.29) is 17.6 Å². The van der Waals surface area contributed by atoms with Crippen LogP contribution in [0.15, 0.2) is 53.9 Å². The number of hydrogen-bond donors (Lipinski definition) is 1. The second-order valence-electron chi connectivity index (χ2n) is 6.18. The summed E-state index contributed by atoms with van der Waals surface area (Å²) in [6, 6.07) is 14.2. The molecule has 3 aromatic rings. The highest BCUT2D eigenvalue weighted by Gasteiger charge is 2.25. The van der Waals surface area contributed by atoms with E-state index in [0.717, 1.165) is 36.2 Å². The first-order valence-corrected chi connectivity index (χ1v) is 9.21. The van der Waals surface area contributed by atoms with Gasteiger partial charge in [-0.05, 0) is 31.0 Å². The normalized spacial score (nSPS) is 14.1. The van der Waals surface area contributed by atoms with E-state index < -0.39 is 0 Å². The molecule has 0 radical (unpaired) electrons. The summed E-state index contributed by atoms with van der Waals surface area (Å²) in [6.07, 6.45) is 3.04. The molecule has 4 rings (SSSR count). The van der Waals surface area contributed by atoms with E-state index in [1.54, 1.807) is 18.2 Å². The largest absolute Gasteiger partial charge is 0.325 e. The van der Waals surface area contributed by atoms with Crippen LogP contribution in [0.3, 0.4) is 0 Å². The molecule has 0 spiro atoms. The number of hydrogen-bond acceptors (Lipinski definition) is 3. The molecule has 0 bridgehead atoms. The molecule has 1 amide bonds. The van der Waals surface area contributed by atoms with Gasteiger partial charge in [-0.1, -0.05) is 36.8 Å². The quantitative estimate of drug-likeness (QED) is 0.687. The van der Waals surface area contributed by atoms with Gasteiger partial charge in [0.25, 0.3) is 0 Å². The zero-order valence-corrected chi connectivity index (χ0v) is 14.4. The van der Waals surface area contributed by atoms with Crippen molar-refractivity contribution in [3.63, 3.8) is 0 Å². The first-order valence-electron chi connectivity index (χ1n) is 8.33. The Labute approximate surface area is 149 Å². The number of anilines is 1. The van der Waals surface area contributed by atoms with Gasteiger partial charge in [0, 0.05) is 22.4 Å². The first kappa shape index (κ1) is 16.0. The number of thiazole rings is 1. The van der Waals surface area contributed by atoms with E-state index in [4.69, 9.17) is 0 Å². The number of carbonyl (C=O) groups is 1. The van der Waals surface area contributed by atoms with Gasteiger partial charge < -0.3 is 5.32 Å². The number of benzene rings is 2. The second-order valence-corrected chi connectivity index (χ2v) is 7.04. The van der Waals surface area contributed by atoms with Crippen LogP contribution in [0.4, 0.5) is 10.1 Å². The minimum Gasteiger partial charge on any atom is -0.325 e. The van der Waals surface area contributed by atoms with Gasteiger partial charge in [0.15, 0.2) is 0 Å². The van der Waals surface area contributed by atoms with Gasteiger partial charge in [0.05, 0.1) is 11.4 Å². The lowest BCUT2D eigenvalue weighted by molar-refractivity contribution is -0.122. The summed E-state index contributed by atoms with van der Waals surface area (Å²) in [4.78, 5) is 16.9. The second kappa shape index (κ2) is 6.76. The Morgan fingerprint density at radius 3 is 2.52 bits per heavy atom.